The molecule has 1 fully saturated rings. The molecular weight excluding hydrogens is 517 g/mol. The number of carbonyl (C=O) groups excluding carboxylic acids is 1. The van der Waals surface area contributed by atoms with Crippen LogP contribution in [0.25, 0.3) is 0 Å². The molecule has 36 heavy (non-hydrogen) atoms. The maximum atomic E-state index is 13.6. The molecule has 0 aromatic heterocycles. The summed E-state index contributed by atoms with van der Waals surface area (Å²) in [6, 6.07) is 1.48. The van der Waals surface area contributed by atoms with Gasteiger partial charge in [-0.05, 0) is 72.4 Å². The highest BCUT2D eigenvalue weighted by Crippen LogP contribution is 2.43. The molecule has 204 valence electrons. The molecule has 1 aromatic rings. The molecule has 11 heteroatoms. The number of likely N-dealkylation sites (tertiary alicyclic amines) is 1. The molecule has 1 amide bonds. The summed E-state index contributed by atoms with van der Waals surface area (Å²) in [4.78, 5) is 14.1. The lowest BCUT2D eigenvalue weighted by molar-refractivity contribution is -0.137. The van der Waals surface area contributed by atoms with Crippen molar-refractivity contribution in [1.82, 2.24) is 9.62 Å². The van der Waals surface area contributed by atoms with Gasteiger partial charge in [-0.2, -0.15) is 13.2 Å². The third-order valence-corrected chi connectivity index (χ3v) is 7.44. The molecule has 2 rings (SSSR count). The predicted molar refractivity (Wildman–Crippen MR) is 136 cm³/mol. The first-order valence-corrected chi connectivity index (χ1v) is 13.3. The van der Waals surface area contributed by atoms with E-state index in [1.165, 1.54) is 12.1 Å². The van der Waals surface area contributed by atoms with Gasteiger partial charge >= 0.3 is 12.3 Å². The van der Waals surface area contributed by atoms with E-state index < -0.39 is 50.6 Å². The summed E-state index contributed by atoms with van der Waals surface area (Å²) in [7, 11) is 0. The van der Waals surface area contributed by atoms with E-state index in [4.69, 9.17) is 21.1 Å². The molecular formula is C25H36ClF3N2O4S. The van der Waals surface area contributed by atoms with E-state index in [9.17, 15) is 22.5 Å². The monoisotopic (exact) mass is 552 g/mol. The Balaban J connectivity index is 2.44. The maximum Gasteiger partial charge on any atom is 0.417 e. The largest absolute Gasteiger partial charge is 0.598 e. The second kappa shape index (κ2) is 11.8. The zero-order valence-corrected chi connectivity index (χ0v) is 23.2. The predicted octanol–water partition coefficient (Wildman–Crippen LogP) is 6.66. The molecule has 0 bridgehead atoms. The average Bonchev–Trinajstić information content (AvgIpc) is 2.73. The van der Waals surface area contributed by atoms with Crippen molar-refractivity contribution in [3.8, 4) is 5.75 Å². The standard InChI is InChI=1S/C25H36ClF3N2O4S/c1-8-13-34-20-15-18(25(27,28)29)19(26)14-17(20)21(30-36(33)24(5,6)7)16-9-11-31(12-10-16)22(32)35-23(2,3)4/h8,14-16,21,30H,1,9-13H2,2-7H3/t21?,36-/m0/s1. The van der Waals surface area contributed by atoms with Crippen LogP contribution in [0.2, 0.25) is 5.02 Å². The Morgan fingerprint density at radius 3 is 2.31 bits per heavy atom. The second-order valence-corrected chi connectivity index (χ2v) is 13.2. The number of benzene rings is 1. The van der Waals surface area contributed by atoms with Crippen molar-refractivity contribution in [2.24, 2.45) is 5.92 Å². The van der Waals surface area contributed by atoms with E-state index >= 15 is 0 Å². The van der Waals surface area contributed by atoms with Gasteiger partial charge in [0, 0.05) is 30.0 Å². The van der Waals surface area contributed by atoms with Crippen molar-refractivity contribution in [2.45, 2.75) is 77.0 Å². The van der Waals surface area contributed by atoms with Gasteiger partial charge in [0.05, 0.1) is 16.6 Å². The van der Waals surface area contributed by atoms with E-state index in [1.54, 1.807) is 46.4 Å². The first kappa shape index (κ1) is 30.6. The normalized spacial score (nSPS) is 17.5. The van der Waals surface area contributed by atoms with Gasteiger partial charge in [-0.25, -0.2) is 4.79 Å². The lowest BCUT2D eigenvalue weighted by atomic mass is 9.85. The van der Waals surface area contributed by atoms with Crippen molar-refractivity contribution < 1.29 is 32.0 Å². The average molecular weight is 553 g/mol. The molecule has 1 saturated heterocycles. The van der Waals surface area contributed by atoms with Crippen molar-refractivity contribution >= 4 is 29.1 Å². The lowest BCUT2D eigenvalue weighted by Gasteiger charge is -2.38. The van der Waals surface area contributed by atoms with Gasteiger partial charge in [-0.3, -0.25) is 0 Å². The molecule has 0 spiro atoms. The molecule has 2 atom stereocenters. The number of piperidine rings is 1. The van der Waals surface area contributed by atoms with Crippen LogP contribution in [-0.4, -0.2) is 45.6 Å². The molecule has 0 radical (unpaired) electrons. The van der Waals surface area contributed by atoms with E-state index in [0.29, 0.717) is 31.5 Å². The zero-order valence-electron chi connectivity index (χ0n) is 21.6. The second-order valence-electron chi connectivity index (χ2n) is 10.7. The minimum absolute atomic E-state index is 0.00962. The van der Waals surface area contributed by atoms with Crippen LogP contribution in [-0.2, 0) is 22.3 Å². The van der Waals surface area contributed by atoms with Crippen LogP contribution >= 0.6 is 11.6 Å². The van der Waals surface area contributed by atoms with Crippen LogP contribution in [0.15, 0.2) is 24.8 Å². The number of halogens is 4. The van der Waals surface area contributed by atoms with Gasteiger partial charge < -0.3 is 18.9 Å². The fourth-order valence-electron chi connectivity index (χ4n) is 3.75. The summed E-state index contributed by atoms with van der Waals surface area (Å²) in [6.07, 6.45) is -2.63. The first-order chi connectivity index (χ1) is 16.4. The molecule has 1 aliphatic heterocycles. The maximum absolute atomic E-state index is 13.6. The summed E-state index contributed by atoms with van der Waals surface area (Å²) >= 11 is 4.55. The number of carbonyl (C=O) groups is 1. The Hall–Kier alpha value is -1.62. The van der Waals surface area contributed by atoms with E-state index in [1.807, 2.05) is 0 Å². The summed E-state index contributed by atoms with van der Waals surface area (Å²) < 4.78 is 67.4. The highest BCUT2D eigenvalue weighted by atomic mass is 35.5. The van der Waals surface area contributed by atoms with Gasteiger partial charge in [0.15, 0.2) is 0 Å². The fourth-order valence-corrected chi connectivity index (χ4v) is 4.93. The molecule has 1 heterocycles. The Morgan fingerprint density at radius 2 is 1.83 bits per heavy atom. The van der Waals surface area contributed by atoms with Crippen LogP contribution in [0.4, 0.5) is 18.0 Å². The summed E-state index contributed by atoms with van der Waals surface area (Å²) in [5.41, 5.74) is -1.26. The smallest absolute Gasteiger partial charge is 0.417 e. The Morgan fingerprint density at radius 1 is 1.25 bits per heavy atom. The molecule has 1 aliphatic rings. The number of nitrogens with one attached hydrogen (secondary N) is 1. The number of ether oxygens (including phenoxy) is 2. The van der Waals surface area contributed by atoms with Gasteiger partial charge in [0.25, 0.3) is 0 Å². The third kappa shape index (κ3) is 8.46. The van der Waals surface area contributed by atoms with Crippen molar-refractivity contribution in [3.63, 3.8) is 0 Å². The molecule has 1 unspecified atom stereocenters. The van der Waals surface area contributed by atoms with Gasteiger partial charge in [0.1, 0.15) is 22.7 Å². The Labute approximate surface area is 219 Å². The molecule has 0 saturated carbocycles. The van der Waals surface area contributed by atoms with Gasteiger partial charge in [-0.15, -0.1) is 4.72 Å². The van der Waals surface area contributed by atoms with Crippen LogP contribution in [0, 0.1) is 5.92 Å². The number of hydrogen-bond acceptors (Lipinski definition) is 5. The van der Waals surface area contributed by atoms with E-state index in [0.717, 1.165) is 6.07 Å². The molecule has 0 aliphatic carbocycles. The summed E-state index contributed by atoms with van der Waals surface area (Å²) in [5, 5.41) is -0.469. The topological polar surface area (TPSA) is 73.9 Å². The Kier molecular flexibility index (Phi) is 10.1. The molecule has 1 aromatic carbocycles. The van der Waals surface area contributed by atoms with E-state index in [2.05, 4.69) is 11.3 Å². The third-order valence-electron chi connectivity index (χ3n) is 5.55. The number of rotatable bonds is 7. The first-order valence-electron chi connectivity index (χ1n) is 11.7. The minimum Gasteiger partial charge on any atom is -0.598 e. The molecule has 6 nitrogen and oxygen atoms in total. The summed E-state index contributed by atoms with van der Waals surface area (Å²) in [5.74, 6) is -0.168. The van der Waals surface area contributed by atoms with Crippen LogP contribution in [0.3, 0.4) is 0 Å². The van der Waals surface area contributed by atoms with Crippen LogP contribution < -0.4 is 9.46 Å². The minimum atomic E-state index is -4.67. The number of nitrogens with zero attached hydrogens (tertiary/aromatic N) is 1. The zero-order chi connectivity index (χ0) is 27.5. The highest BCUT2D eigenvalue weighted by Gasteiger charge is 2.40. The number of amides is 1. The molecule has 1 N–H and O–H groups in total. The SMILES string of the molecule is C=CCOc1cc(C(F)(F)F)c(Cl)cc1C(N[S@@+]([O-])C(C)(C)C)C1CCN(C(=O)OC(C)(C)C)CC1. The number of hydrogen-bond donors (Lipinski definition) is 1. The van der Waals surface area contributed by atoms with Crippen molar-refractivity contribution in [1.29, 1.82) is 0 Å². The number of alkyl halides is 3. The van der Waals surface area contributed by atoms with Crippen molar-refractivity contribution in [2.75, 3.05) is 19.7 Å². The van der Waals surface area contributed by atoms with Gasteiger partial charge in [0.2, 0.25) is 0 Å². The quantitative estimate of drug-likeness (QED) is 0.302. The van der Waals surface area contributed by atoms with Crippen LogP contribution in [0.1, 0.15) is 71.6 Å². The van der Waals surface area contributed by atoms with E-state index in [-0.39, 0.29) is 18.3 Å². The lowest BCUT2D eigenvalue weighted by Crippen LogP contribution is -2.47. The van der Waals surface area contributed by atoms with Gasteiger partial charge in [-0.1, -0.05) is 24.3 Å². The fraction of sp³-hybridized carbons (Fsp3) is 0.640. The Bertz CT molecular complexity index is 924. The summed E-state index contributed by atoms with van der Waals surface area (Å²) in [6.45, 7) is 15.1. The highest BCUT2D eigenvalue weighted by molar-refractivity contribution is 7.90. The van der Waals surface area contributed by atoms with Crippen molar-refractivity contribution in [3.05, 3.63) is 40.9 Å². The van der Waals surface area contributed by atoms with Crippen LogP contribution in [0.5, 0.6) is 5.75 Å².